The minimum Gasteiger partial charge on any atom is -0.396 e. The molecule has 2 heterocycles. The summed E-state index contributed by atoms with van der Waals surface area (Å²) in [6.07, 6.45) is 4.56. The van der Waals surface area contributed by atoms with Gasteiger partial charge in [-0.05, 0) is 18.1 Å². The number of nitrogens with zero attached hydrogens (tertiary/aromatic N) is 1. The summed E-state index contributed by atoms with van der Waals surface area (Å²) in [5.41, 5.74) is 1.22. The Morgan fingerprint density at radius 1 is 1.28 bits per heavy atom. The van der Waals surface area contributed by atoms with Crippen LogP contribution in [-0.4, -0.2) is 34.5 Å². The van der Waals surface area contributed by atoms with E-state index in [1.165, 1.54) is 5.56 Å². The van der Waals surface area contributed by atoms with E-state index < -0.39 is 0 Å². The van der Waals surface area contributed by atoms with Crippen LogP contribution >= 0.6 is 0 Å². The minimum absolute atomic E-state index is 0.0845. The Morgan fingerprint density at radius 3 is 2.78 bits per heavy atom. The lowest BCUT2D eigenvalue weighted by atomic mass is 9.98. The Kier molecular flexibility index (Phi) is 3.02. The topological polar surface area (TPSA) is 40.5 Å². The number of hydrogen-bond donors (Lipinski definition) is 1. The van der Waals surface area contributed by atoms with E-state index in [-0.39, 0.29) is 24.3 Å². The van der Waals surface area contributed by atoms with E-state index in [0.717, 1.165) is 13.0 Å². The second-order valence-corrected chi connectivity index (χ2v) is 5.11. The highest BCUT2D eigenvalue weighted by Gasteiger charge is 2.45. The highest BCUT2D eigenvalue weighted by molar-refractivity contribution is 5.96. The highest BCUT2D eigenvalue weighted by Crippen LogP contribution is 2.35. The molecule has 0 aliphatic carbocycles. The average molecular weight is 243 g/mol. The van der Waals surface area contributed by atoms with Gasteiger partial charge in [0.1, 0.15) is 0 Å². The minimum atomic E-state index is -0.134. The van der Waals surface area contributed by atoms with Crippen molar-refractivity contribution in [1.29, 1.82) is 0 Å². The molecule has 3 atom stereocenters. The van der Waals surface area contributed by atoms with Crippen molar-refractivity contribution in [2.24, 2.45) is 5.92 Å². The molecule has 0 radical (unpaired) electrons. The van der Waals surface area contributed by atoms with Crippen molar-refractivity contribution >= 4 is 5.78 Å². The van der Waals surface area contributed by atoms with Crippen LogP contribution in [0.1, 0.15) is 12.0 Å². The molecule has 0 aromatic heterocycles. The molecule has 18 heavy (non-hydrogen) atoms. The quantitative estimate of drug-likeness (QED) is 0.872. The number of rotatable bonds is 3. The number of ketones is 1. The van der Waals surface area contributed by atoms with Gasteiger partial charge in [-0.25, -0.2) is 0 Å². The fourth-order valence-electron chi connectivity index (χ4n) is 3.13. The van der Waals surface area contributed by atoms with Crippen molar-refractivity contribution in [1.82, 2.24) is 4.90 Å². The fraction of sp³-hybridized carbons (Fsp3) is 0.400. The number of fused-ring (bicyclic) bond motifs is 2. The summed E-state index contributed by atoms with van der Waals surface area (Å²) in [5, 5.41) is 9.41. The van der Waals surface area contributed by atoms with Crippen molar-refractivity contribution in [3.63, 3.8) is 0 Å². The molecule has 94 valence electrons. The first-order chi connectivity index (χ1) is 8.79. The maximum atomic E-state index is 12.0. The van der Waals surface area contributed by atoms with Gasteiger partial charge < -0.3 is 5.11 Å². The van der Waals surface area contributed by atoms with E-state index in [2.05, 4.69) is 17.0 Å². The molecule has 3 nitrogen and oxygen atoms in total. The maximum Gasteiger partial charge on any atom is 0.172 e. The van der Waals surface area contributed by atoms with Crippen LogP contribution in [0.25, 0.3) is 0 Å². The Morgan fingerprint density at radius 2 is 2.06 bits per heavy atom. The summed E-state index contributed by atoms with van der Waals surface area (Å²) in [7, 11) is 0. The summed E-state index contributed by atoms with van der Waals surface area (Å²) in [6.45, 7) is 0.878. The van der Waals surface area contributed by atoms with Crippen molar-refractivity contribution in [2.75, 3.05) is 6.61 Å². The van der Waals surface area contributed by atoms with E-state index in [4.69, 9.17) is 0 Å². The van der Waals surface area contributed by atoms with E-state index in [0.29, 0.717) is 6.04 Å². The Hall–Kier alpha value is -1.45. The van der Waals surface area contributed by atoms with Gasteiger partial charge in [-0.15, -0.1) is 0 Å². The highest BCUT2D eigenvalue weighted by atomic mass is 16.3. The Bertz CT molecular complexity index is 469. The smallest absolute Gasteiger partial charge is 0.172 e. The second kappa shape index (κ2) is 4.67. The molecule has 2 aliphatic heterocycles. The van der Waals surface area contributed by atoms with Crippen LogP contribution in [0.15, 0.2) is 42.5 Å². The van der Waals surface area contributed by atoms with Gasteiger partial charge in [0.2, 0.25) is 0 Å². The second-order valence-electron chi connectivity index (χ2n) is 5.11. The van der Waals surface area contributed by atoms with E-state index in [1.807, 2.05) is 24.3 Å². The lowest BCUT2D eigenvalue weighted by Crippen LogP contribution is -2.44. The predicted molar refractivity (Wildman–Crippen MR) is 68.9 cm³/mol. The molecular formula is C15H17NO2. The molecule has 1 aromatic rings. The van der Waals surface area contributed by atoms with Crippen molar-refractivity contribution in [3.8, 4) is 0 Å². The van der Waals surface area contributed by atoms with Gasteiger partial charge in [0, 0.05) is 25.1 Å². The largest absolute Gasteiger partial charge is 0.396 e. The molecule has 0 saturated carbocycles. The van der Waals surface area contributed by atoms with E-state index in [1.54, 1.807) is 6.08 Å². The first-order valence-electron chi connectivity index (χ1n) is 6.42. The molecule has 3 heteroatoms. The van der Waals surface area contributed by atoms with Gasteiger partial charge in [-0.1, -0.05) is 36.4 Å². The van der Waals surface area contributed by atoms with Crippen LogP contribution in [0.5, 0.6) is 0 Å². The molecule has 3 rings (SSSR count). The average Bonchev–Trinajstić information content (AvgIpc) is 2.65. The molecule has 1 N–H and O–H groups in total. The molecule has 2 bridgehead atoms. The standard InChI is InChI=1S/C15H17NO2/c17-10-12-8-13-6-7-14(18)15(12)16(13)9-11-4-2-1-3-5-11/h1-7,12-13,15,17H,8-10H2/t12-,13+,15+/m1/s1. The van der Waals surface area contributed by atoms with Crippen LogP contribution in [0.2, 0.25) is 0 Å². The monoisotopic (exact) mass is 243 g/mol. The van der Waals surface area contributed by atoms with Gasteiger partial charge >= 0.3 is 0 Å². The lowest BCUT2D eigenvalue weighted by Gasteiger charge is -2.31. The van der Waals surface area contributed by atoms with Crippen LogP contribution in [0.4, 0.5) is 0 Å². The predicted octanol–water partition coefficient (Wildman–Crippen LogP) is 1.38. The summed E-state index contributed by atoms with van der Waals surface area (Å²) < 4.78 is 0. The zero-order valence-electron chi connectivity index (χ0n) is 10.2. The van der Waals surface area contributed by atoms with Gasteiger partial charge in [-0.3, -0.25) is 9.69 Å². The lowest BCUT2D eigenvalue weighted by molar-refractivity contribution is -0.121. The molecule has 2 aliphatic rings. The number of aliphatic hydroxyl groups excluding tert-OH is 1. The zero-order valence-corrected chi connectivity index (χ0v) is 10.2. The van der Waals surface area contributed by atoms with Gasteiger partial charge in [-0.2, -0.15) is 0 Å². The third-order valence-corrected chi connectivity index (χ3v) is 3.99. The number of benzene rings is 1. The molecular weight excluding hydrogens is 226 g/mol. The first kappa shape index (κ1) is 11.6. The third kappa shape index (κ3) is 1.89. The maximum absolute atomic E-state index is 12.0. The SMILES string of the molecule is O=C1C=C[C@H]2C[C@H](CO)[C@@H]1N2Cc1ccccc1. The van der Waals surface area contributed by atoms with Crippen LogP contribution in [-0.2, 0) is 11.3 Å². The van der Waals surface area contributed by atoms with Crippen molar-refractivity contribution in [3.05, 3.63) is 48.0 Å². The van der Waals surface area contributed by atoms with Gasteiger partial charge in [0.05, 0.1) is 6.04 Å². The summed E-state index contributed by atoms with van der Waals surface area (Å²) in [5.74, 6) is 0.222. The van der Waals surface area contributed by atoms with Crippen molar-refractivity contribution in [2.45, 2.75) is 25.0 Å². The number of carbonyl (C=O) groups excluding carboxylic acids is 1. The summed E-state index contributed by atoms with van der Waals surface area (Å²) >= 11 is 0. The molecule has 0 unspecified atom stereocenters. The number of aliphatic hydroxyl groups is 1. The van der Waals surface area contributed by atoms with Crippen molar-refractivity contribution < 1.29 is 9.90 Å². The molecule has 0 amide bonds. The fourth-order valence-corrected chi connectivity index (χ4v) is 3.13. The van der Waals surface area contributed by atoms with E-state index in [9.17, 15) is 9.90 Å². The molecule has 1 fully saturated rings. The number of carbonyl (C=O) groups is 1. The van der Waals surface area contributed by atoms with Crippen LogP contribution in [0, 0.1) is 5.92 Å². The first-order valence-corrected chi connectivity index (χ1v) is 6.42. The third-order valence-electron chi connectivity index (χ3n) is 3.99. The van der Waals surface area contributed by atoms with E-state index >= 15 is 0 Å². The molecule has 1 aromatic carbocycles. The van der Waals surface area contributed by atoms with Crippen LogP contribution in [0.3, 0.4) is 0 Å². The normalized spacial score (nSPS) is 30.9. The molecule has 1 saturated heterocycles. The Balaban J connectivity index is 1.84. The zero-order chi connectivity index (χ0) is 12.5. The Labute approximate surface area is 107 Å². The van der Waals surface area contributed by atoms with Gasteiger partial charge in [0.15, 0.2) is 5.78 Å². The number of hydrogen-bond acceptors (Lipinski definition) is 3. The summed E-state index contributed by atoms with van der Waals surface area (Å²) in [4.78, 5) is 14.2. The van der Waals surface area contributed by atoms with Gasteiger partial charge in [0.25, 0.3) is 0 Å². The molecule has 0 spiro atoms. The van der Waals surface area contributed by atoms with Crippen LogP contribution < -0.4 is 0 Å². The summed E-state index contributed by atoms with van der Waals surface area (Å²) in [6, 6.07) is 10.3.